The third kappa shape index (κ3) is 5.02. The number of hydrogen-bond acceptors (Lipinski definition) is 7. The molecular formula is C25H20FN7OS. The Balaban J connectivity index is 1.40. The Kier molecular flexibility index (Phi) is 6.44. The molecule has 3 aromatic carbocycles. The molecule has 4 aromatic rings. The summed E-state index contributed by atoms with van der Waals surface area (Å²) in [5.41, 5.74) is 3.67. The third-order valence-corrected chi connectivity index (χ3v) is 6.27. The summed E-state index contributed by atoms with van der Waals surface area (Å²) < 4.78 is 15.2. The van der Waals surface area contributed by atoms with Crippen LogP contribution in [0.15, 0.2) is 94.0 Å². The maximum absolute atomic E-state index is 13.6. The molecule has 8 nitrogen and oxygen atoms in total. The van der Waals surface area contributed by atoms with Crippen molar-refractivity contribution in [1.82, 2.24) is 25.5 Å². The normalized spacial score (nSPS) is 15.0. The van der Waals surface area contributed by atoms with E-state index in [9.17, 15) is 9.18 Å². The van der Waals surface area contributed by atoms with Gasteiger partial charge in [0.1, 0.15) is 11.7 Å². The van der Waals surface area contributed by atoms with Crippen LogP contribution < -0.4 is 5.32 Å². The Labute approximate surface area is 205 Å². The van der Waals surface area contributed by atoms with E-state index >= 15 is 0 Å². The zero-order valence-electron chi connectivity index (χ0n) is 18.7. The molecule has 0 bridgehead atoms. The summed E-state index contributed by atoms with van der Waals surface area (Å²) >= 11 is 1.22. The van der Waals surface area contributed by atoms with E-state index < -0.39 is 5.92 Å². The van der Waals surface area contributed by atoms with Crippen molar-refractivity contribution < 1.29 is 9.18 Å². The van der Waals surface area contributed by atoms with Gasteiger partial charge in [-0.1, -0.05) is 54.2 Å². The highest BCUT2D eigenvalue weighted by Gasteiger charge is 2.27. The molecule has 2 heterocycles. The minimum Gasteiger partial charge on any atom is -0.313 e. The quantitative estimate of drug-likeness (QED) is 0.416. The summed E-state index contributed by atoms with van der Waals surface area (Å²) in [6.07, 6.45) is 0. The number of nitrogens with one attached hydrogen (secondary N) is 1. The first kappa shape index (κ1) is 22.6. The molecule has 0 saturated heterocycles. The Bertz CT molecular complexity index is 1420. The smallest absolute Gasteiger partial charge is 0.235 e. The molecule has 0 radical (unpaired) electrons. The average molecular weight is 486 g/mol. The summed E-state index contributed by atoms with van der Waals surface area (Å²) in [6, 6.07) is 23.0. The summed E-state index contributed by atoms with van der Waals surface area (Å²) in [4.78, 5) is 22.5. The maximum Gasteiger partial charge on any atom is 0.235 e. The van der Waals surface area contributed by atoms with Crippen molar-refractivity contribution in [3.63, 3.8) is 0 Å². The third-order valence-electron chi connectivity index (χ3n) is 5.36. The number of para-hydroxylation sites is 3. The predicted octanol–water partition coefficient (Wildman–Crippen LogP) is 4.63. The number of carbonyl (C=O) groups is 1. The summed E-state index contributed by atoms with van der Waals surface area (Å²) in [5, 5.41) is 15.2. The number of carbonyl (C=O) groups excluding carboxylic acids is 1. The van der Waals surface area contributed by atoms with Gasteiger partial charge in [0.05, 0.1) is 28.7 Å². The topological polar surface area (TPSA) is 97.4 Å². The molecule has 35 heavy (non-hydrogen) atoms. The highest BCUT2D eigenvalue weighted by molar-refractivity contribution is 7.99. The number of nitrogens with zero attached hydrogens (tertiary/aromatic N) is 6. The van der Waals surface area contributed by atoms with Crippen LogP contribution in [0, 0.1) is 5.82 Å². The number of thioether (sulfide) groups is 1. The van der Waals surface area contributed by atoms with E-state index in [2.05, 4.69) is 20.8 Å². The van der Waals surface area contributed by atoms with Gasteiger partial charge in [-0.2, -0.15) is 4.68 Å². The van der Waals surface area contributed by atoms with Crippen LogP contribution in [0.1, 0.15) is 18.4 Å². The van der Waals surface area contributed by atoms with Gasteiger partial charge in [-0.05, 0) is 59.3 Å². The number of hydrogen-bond donors (Lipinski definition) is 1. The fourth-order valence-corrected chi connectivity index (χ4v) is 4.45. The number of amides is 1. The highest BCUT2D eigenvalue weighted by Crippen LogP contribution is 2.34. The second kappa shape index (κ2) is 9.98. The molecule has 0 unspecified atom stereocenters. The molecular weight excluding hydrogens is 465 g/mol. The molecule has 0 fully saturated rings. The van der Waals surface area contributed by atoms with Crippen LogP contribution in [0.3, 0.4) is 0 Å². The Hall–Kier alpha value is -4.18. The summed E-state index contributed by atoms with van der Waals surface area (Å²) in [5.74, 6) is -0.547. The lowest BCUT2D eigenvalue weighted by Crippen LogP contribution is -2.38. The Morgan fingerprint density at radius 3 is 2.40 bits per heavy atom. The monoisotopic (exact) mass is 485 g/mol. The number of rotatable bonds is 5. The molecule has 1 aliphatic heterocycles. The standard InChI is InChI=1S/C25H20FN7OS/c1-16-23(17-11-13-18(26)14-12-17)24(28-21-10-6-5-9-20(21)27-16)29-22(34)15-35-25-30-31-32-33(25)19-7-3-2-4-8-19/h2-14,23H,15H2,1H3,(H,28,29,34)/t23-/m0/s1. The first-order valence-electron chi connectivity index (χ1n) is 10.8. The van der Waals surface area contributed by atoms with Gasteiger partial charge in [-0.15, -0.1) is 5.10 Å². The molecule has 1 aromatic heterocycles. The van der Waals surface area contributed by atoms with E-state index in [1.54, 1.807) is 16.8 Å². The molecule has 0 aliphatic carbocycles. The van der Waals surface area contributed by atoms with E-state index in [0.29, 0.717) is 22.4 Å². The first-order valence-corrected chi connectivity index (χ1v) is 11.8. The lowest BCUT2D eigenvalue weighted by atomic mass is 9.93. The van der Waals surface area contributed by atoms with E-state index in [0.717, 1.165) is 17.0 Å². The van der Waals surface area contributed by atoms with Crippen molar-refractivity contribution in [2.45, 2.75) is 18.0 Å². The first-order chi connectivity index (χ1) is 17.1. The largest absolute Gasteiger partial charge is 0.313 e. The summed E-state index contributed by atoms with van der Waals surface area (Å²) in [6.45, 7) is 1.88. The zero-order chi connectivity index (χ0) is 24.2. The molecule has 1 atom stereocenters. The van der Waals surface area contributed by atoms with E-state index in [-0.39, 0.29) is 17.5 Å². The second-order valence-electron chi connectivity index (χ2n) is 7.77. The van der Waals surface area contributed by atoms with Crippen molar-refractivity contribution >= 4 is 40.6 Å². The van der Waals surface area contributed by atoms with Gasteiger partial charge in [-0.25, -0.2) is 9.38 Å². The molecule has 0 saturated carbocycles. The van der Waals surface area contributed by atoms with Crippen molar-refractivity contribution in [3.05, 3.63) is 90.2 Å². The van der Waals surface area contributed by atoms with Gasteiger partial charge in [-0.3, -0.25) is 9.79 Å². The highest BCUT2D eigenvalue weighted by atomic mass is 32.2. The number of fused-ring (bicyclic) bond motifs is 1. The molecule has 10 heteroatoms. The predicted molar refractivity (Wildman–Crippen MR) is 133 cm³/mol. The molecule has 1 amide bonds. The number of aliphatic imine (C=N–C) groups is 2. The van der Waals surface area contributed by atoms with Crippen LogP contribution in [0.25, 0.3) is 5.69 Å². The molecule has 174 valence electrons. The average Bonchev–Trinajstić information content (AvgIpc) is 3.29. The van der Waals surface area contributed by atoms with Crippen LogP contribution in [0.2, 0.25) is 0 Å². The van der Waals surface area contributed by atoms with Crippen LogP contribution in [0.4, 0.5) is 15.8 Å². The number of amidine groups is 1. The molecule has 5 rings (SSSR count). The van der Waals surface area contributed by atoms with Crippen LogP contribution >= 0.6 is 11.8 Å². The van der Waals surface area contributed by atoms with Gasteiger partial charge in [0.15, 0.2) is 0 Å². The van der Waals surface area contributed by atoms with Crippen molar-refractivity contribution in [1.29, 1.82) is 0 Å². The van der Waals surface area contributed by atoms with Gasteiger partial charge in [0.2, 0.25) is 11.1 Å². The molecule has 1 N–H and O–H groups in total. The molecule has 1 aliphatic rings. The van der Waals surface area contributed by atoms with Gasteiger partial charge >= 0.3 is 0 Å². The maximum atomic E-state index is 13.6. The minimum absolute atomic E-state index is 0.0696. The van der Waals surface area contributed by atoms with Gasteiger partial charge in [0, 0.05) is 5.71 Å². The van der Waals surface area contributed by atoms with Gasteiger partial charge in [0.25, 0.3) is 0 Å². The SMILES string of the molecule is CC1=Nc2ccccc2N=C(NC(=O)CSc2nnnn2-c2ccccc2)[C@@H]1c1ccc(F)cc1. The number of benzene rings is 3. The molecule has 0 spiro atoms. The number of tetrazole rings is 1. The van der Waals surface area contributed by atoms with Crippen molar-refractivity contribution in [3.8, 4) is 5.69 Å². The van der Waals surface area contributed by atoms with E-state index in [4.69, 9.17) is 9.98 Å². The van der Waals surface area contributed by atoms with Crippen LogP contribution in [-0.4, -0.2) is 43.4 Å². The fourth-order valence-electron chi connectivity index (χ4n) is 3.76. The van der Waals surface area contributed by atoms with Crippen molar-refractivity contribution in [2.24, 2.45) is 9.98 Å². The Morgan fingerprint density at radius 2 is 1.66 bits per heavy atom. The second-order valence-corrected chi connectivity index (χ2v) is 8.71. The van der Waals surface area contributed by atoms with Gasteiger partial charge < -0.3 is 5.32 Å². The summed E-state index contributed by atoms with van der Waals surface area (Å²) in [7, 11) is 0. The van der Waals surface area contributed by atoms with Crippen LogP contribution in [0.5, 0.6) is 0 Å². The Morgan fingerprint density at radius 1 is 0.971 bits per heavy atom. The number of aromatic nitrogens is 4. The zero-order valence-corrected chi connectivity index (χ0v) is 19.5. The van der Waals surface area contributed by atoms with Crippen LogP contribution in [-0.2, 0) is 4.79 Å². The van der Waals surface area contributed by atoms with E-state index in [1.165, 1.54) is 23.9 Å². The fraction of sp³-hybridized carbons (Fsp3) is 0.120. The minimum atomic E-state index is -0.438. The lowest BCUT2D eigenvalue weighted by Gasteiger charge is -2.19. The van der Waals surface area contributed by atoms with E-state index in [1.807, 2.05) is 61.5 Å². The van der Waals surface area contributed by atoms with Crippen molar-refractivity contribution in [2.75, 3.05) is 5.75 Å². The number of halogens is 1. The lowest BCUT2D eigenvalue weighted by molar-refractivity contribution is -0.117.